The van der Waals surface area contributed by atoms with Crippen LogP contribution in [0.25, 0.3) is 0 Å². The highest BCUT2D eigenvalue weighted by Crippen LogP contribution is 2.32. The van der Waals surface area contributed by atoms with E-state index in [-0.39, 0.29) is 15.7 Å². The summed E-state index contributed by atoms with van der Waals surface area (Å²) in [6, 6.07) is 12.1. The molecule has 1 aliphatic carbocycles. The molecule has 1 saturated carbocycles. The second-order valence-electron chi connectivity index (χ2n) is 8.79. The molecule has 178 valence electrons. The summed E-state index contributed by atoms with van der Waals surface area (Å²) in [6.07, 6.45) is 6.10. The third-order valence-corrected chi connectivity index (χ3v) is 7.64. The quantitative estimate of drug-likeness (QED) is 0.388. The molecule has 0 aliphatic heterocycles. The fraction of sp³-hybridized carbons (Fsp3) is 0.440. The van der Waals surface area contributed by atoms with Gasteiger partial charge in [-0.3, -0.25) is 9.59 Å². The van der Waals surface area contributed by atoms with E-state index in [9.17, 15) is 18.0 Å². The van der Waals surface area contributed by atoms with Gasteiger partial charge in [0.15, 0.2) is 12.4 Å². The van der Waals surface area contributed by atoms with Crippen LogP contribution in [0.1, 0.15) is 67.8 Å². The summed E-state index contributed by atoms with van der Waals surface area (Å²) in [7, 11) is -4.00. The number of esters is 1. The number of hydrogen-bond donors (Lipinski definition) is 1. The van der Waals surface area contributed by atoms with Crippen LogP contribution in [0.3, 0.4) is 0 Å². The smallest absolute Gasteiger partial charge is 0.324 e. The molecule has 1 fully saturated rings. The number of carbonyl (C=O) groups is 2. The van der Waals surface area contributed by atoms with E-state index in [1.165, 1.54) is 55.9 Å². The molecular weight excluding hydrogens is 462 g/mol. The van der Waals surface area contributed by atoms with Crippen LogP contribution in [-0.2, 0) is 19.6 Å². The van der Waals surface area contributed by atoms with E-state index in [0.717, 1.165) is 0 Å². The number of halogens is 1. The number of benzene rings is 2. The second-order valence-corrected chi connectivity index (χ2v) is 10.9. The Hall–Kier alpha value is -2.22. The van der Waals surface area contributed by atoms with Crippen LogP contribution in [0.4, 0.5) is 0 Å². The minimum atomic E-state index is -4.00. The minimum Gasteiger partial charge on any atom is -0.456 e. The van der Waals surface area contributed by atoms with E-state index in [4.69, 9.17) is 16.3 Å². The number of ether oxygens (including phenoxy) is 1. The maximum Gasteiger partial charge on any atom is 0.324 e. The highest BCUT2D eigenvalue weighted by Gasteiger charge is 2.30. The van der Waals surface area contributed by atoms with Gasteiger partial charge in [-0.05, 0) is 48.4 Å². The van der Waals surface area contributed by atoms with E-state index < -0.39 is 34.6 Å². The van der Waals surface area contributed by atoms with Crippen molar-refractivity contribution in [2.24, 2.45) is 5.92 Å². The number of hydrogen-bond acceptors (Lipinski definition) is 5. The monoisotopic (exact) mass is 491 g/mol. The lowest BCUT2D eigenvalue weighted by atomic mass is 9.84. The summed E-state index contributed by atoms with van der Waals surface area (Å²) in [5.41, 5.74) is 1.70. The third kappa shape index (κ3) is 6.88. The topological polar surface area (TPSA) is 89.5 Å². The molecule has 6 nitrogen and oxygen atoms in total. The predicted octanol–water partition coefficient (Wildman–Crippen LogP) is 5.12. The summed E-state index contributed by atoms with van der Waals surface area (Å²) in [5.74, 6) is -0.988. The summed E-state index contributed by atoms with van der Waals surface area (Å²) in [6.45, 7) is 2.93. The molecular formula is C25H30ClNO5S. The molecule has 0 spiro atoms. The molecule has 0 aromatic heterocycles. The van der Waals surface area contributed by atoms with Crippen LogP contribution in [-0.4, -0.2) is 32.8 Å². The molecule has 0 radical (unpaired) electrons. The fourth-order valence-corrected chi connectivity index (χ4v) is 5.65. The van der Waals surface area contributed by atoms with Gasteiger partial charge in [0, 0.05) is 10.6 Å². The van der Waals surface area contributed by atoms with Gasteiger partial charge in [0.05, 0.1) is 4.90 Å². The van der Waals surface area contributed by atoms with Crippen molar-refractivity contribution in [3.63, 3.8) is 0 Å². The molecule has 0 saturated heterocycles. The van der Waals surface area contributed by atoms with Crippen LogP contribution in [0.15, 0.2) is 53.4 Å². The summed E-state index contributed by atoms with van der Waals surface area (Å²) in [4.78, 5) is 25.1. The van der Waals surface area contributed by atoms with Gasteiger partial charge < -0.3 is 4.74 Å². The number of rotatable bonds is 9. The standard InChI is InChI=1S/C25H30ClNO5S/c1-17(2)24(27-33(30,31)22-10-6-9-21(26)15-22)25(29)32-16-23(28)20-13-11-19(12-14-20)18-7-4-3-5-8-18/h6,9-15,17-18,24,27H,3-5,7-8,16H2,1-2H3. The van der Waals surface area contributed by atoms with Crippen molar-refractivity contribution < 1.29 is 22.7 Å². The average molecular weight is 492 g/mol. The lowest BCUT2D eigenvalue weighted by Crippen LogP contribution is -2.45. The van der Waals surface area contributed by atoms with Gasteiger partial charge in [-0.25, -0.2) is 8.42 Å². The zero-order valence-electron chi connectivity index (χ0n) is 18.9. The first-order valence-corrected chi connectivity index (χ1v) is 13.1. The first kappa shape index (κ1) is 25.4. The van der Waals surface area contributed by atoms with Crippen molar-refractivity contribution in [1.29, 1.82) is 0 Å². The number of sulfonamides is 1. The Morgan fingerprint density at radius 3 is 2.33 bits per heavy atom. The van der Waals surface area contributed by atoms with Crippen molar-refractivity contribution in [1.82, 2.24) is 4.72 Å². The normalized spacial score (nSPS) is 15.9. The molecule has 0 bridgehead atoms. The lowest BCUT2D eigenvalue weighted by Gasteiger charge is -2.22. The van der Waals surface area contributed by atoms with Gasteiger partial charge in [-0.2, -0.15) is 4.72 Å². The van der Waals surface area contributed by atoms with Crippen molar-refractivity contribution in [3.8, 4) is 0 Å². The SMILES string of the molecule is CC(C)C(NS(=O)(=O)c1cccc(Cl)c1)C(=O)OCC(=O)c1ccc(C2CCCCC2)cc1. The summed E-state index contributed by atoms with van der Waals surface area (Å²) >= 11 is 5.89. The largest absolute Gasteiger partial charge is 0.456 e. The zero-order valence-corrected chi connectivity index (χ0v) is 20.5. The maximum absolute atomic E-state index is 12.7. The number of ketones is 1. The predicted molar refractivity (Wildman–Crippen MR) is 128 cm³/mol. The number of nitrogens with one attached hydrogen (secondary N) is 1. The van der Waals surface area contributed by atoms with Gasteiger partial charge >= 0.3 is 5.97 Å². The average Bonchev–Trinajstić information content (AvgIpc) is 2.81. The van der Waals surface area contributed by atoms with E-state index in [1.54, 1.807) is 32.0 Å². The Labute approximate surface area is 200 Å². The Morgan fingerprint density at radius 1 is 1.06 bits per heavy atom. The first-order valence-electron chi connectivity index (χ1n) is 11.2. The van der Waals surface area contributed by atoms with Crippen LogP contribution in [0.2, 0.25) is 5.02 Å². The van der Waals surface area contributed by atoms with Gasteiger partial charge in [0.2, 0.25) is 10.0 Å². The maximum atomic E-state index is 12.7. The molecule has 2 aromatic rings. The molecule has 1 aliphatic rings. The summed E-state index contributed by atoms with van der Waals surface area (Å²) < 4.78 is 32.9. The Balaban J connectivity index is 1.60. The van der Waals surface area contributed by atoms with Gasteiger partial charge in [0.1, 0.15) is 6.04 Å². The van der Waals surface area contributed by atoms with Crippen molar-refractivity contribution >= 4 is 33.4 Å². The molecule has 1 atom stereocenters. The lowest BCUT2D eigenvalue weighted by molar-refractivity contribution is -0.145. The fourth-order valence-electron chi connectivity index (χ4n) is 4.01. The van der Waals surface area contributed by atoms with Crippen LogP contribution >= 0.6 is 11.6 Å². The van der Waals surface area contributed by atoms with Crippen molar-refractivity contribution in [2.45, 2.75) is 62.8 Å². The molecule has 3 rings (SSSR count). The van der Waals surface area contributed by atoms with Gasteiger partial charge in [-0.15, -0.1) is 0 Å². The van der Waals surface area contributed by atoms with E-state index in [2.05, 4.69) is 4.72 Å². The van der Waals surface area contributed by atoms with Crippen LogP contribution in [0, 0.1) is 5.92 Å². The third-order valence-electron chi connectivity index (χ3n) is 5.96. The van der Waals surface area contributed by atoms with Gasteiger partial charge in [-0.1, -0.05) is 75.0 Å². The molecule has 2 aromatic carbocycles. The Morgan fingerprint density at radius 2 is 1.73 bits per heavy atom. The number of carbonyl (C=O) groups excluding carboxylic acids is 2. The number of Topliss-reactive ketones (excluding diaryl/α,β-unsaturated/α-hetero) is 1. The Kier molecular flexibility index (Phi) is 8.68. The van der Waals surface area contributed by atoms with Crippen LogP contribution in [0.5, 0.6) is 0 Å². The molecule has 33 heavy (non-hydrogen) atoms. The van der Waals surface area contributed by atoms with E-state index >= 15 is 0 Å². The highest BCUT2D eigenvalue weighted by atomic mass is 35.5. The Bertz CT molecular complexity index is 1080. The first-order chi connectivity index (χ1) is 15.7. The zero-order chi connectivity index (χ0) is 24.0. The molecule has 0 heterocycles. The van der Waals surface area contributed by atoms with Crippen LogP contribution < -0.4 is 4.72 Å². The van der Waals surface area contributed by atoms with E-state index in [1.807, 2.05) is 12.1 Å². The summed E-state index contributed by atoms with van der Waals surface area (Å²) in [5, 5.41) is 0.265. The molecule has 0 amide bonds. The molecule has 1 N–H and O–H groups in total. The van der Waals surface area contributed by atoms with Crippen molar-refractivity contribution in [2.75, 3.05) is 6.61 Å². The minimum absolute atomic E-state index is 0.0532. The van der Waals surface area contributed by atoms with Gasteiger partial charge in [0.25, 0.3) is 0 Å². The molecule has 1 unspecified atom stereocenters. The second kappa shape index (κ2) is 11.3. The highest BCUT2D eigenvalue weighted by molar-refractivity contribution is 7.89. The van der Waals surface area contributed by atoms with Crippen molar-refractivity contribution in [3.05, 3.63) is 64.7 Å². The van der Waals surface area contributed by atoms with E-state index in [0.29, 0.717) is 11.5 Å². The molecule has 8 heteroatoms.